The van der Waals surface area contributed by atoms with E-state index in [0.717, 1.165) is 37.1 Å². The Kier molecular flexibility index (Phi) is 4.34. The molecule has 1 amide bonds. The predicted molar refractivity (Wildman–Crippen MR) is 78.0 cm³/mol. The van der Waals surface area contributed by atoms with Crippen molar-refractivity contribution in [2.45, 2.75) is 32.6 Å². The van der Waals surface area contributed by atoms with E-state index in [4.69, 9.17) is 11.5 Å². The summed E-state index contributed by atoms with van der Waals surface area (Å²) in [6.07, 6.45) is 5.64. The number of nitrogen functional groups attached to an aromatic ring is 1. The van der Waals surface area contributed by atoms with E-state index in [1.54, 1.807) is 18.3 Å². The van der Waals surface area contributed by atoms with Crippen LogP contribution in [0.2, 0.25) is 0 Å². The highest BCUT2D eigenvalue weighted by Gasteiger charge is 2.14. The number of anilines is 1. The van der Waals surface area contributed by atoms with Crippen LogP contribution in [0.4, 0.5) is 5.95 Å². The van der Waals surface area contributed by atoms with E-state index >= 15 is 0 Å². The Hall–Kier alpha value is -2.37. The van der Waals surface area contributed by atoms with Crippen LogP contribution < -0.4 is 11.5 Å². The normalized spacial score (nSPS) is 10.7. The van der Waals surface area contributed by atoms with E-state index in [2.05, 4.69) is 21.9 Å². The number of aromatic amines is 1. The van der Waals surface area contributed by atoms with Gasteiger partial charge in [0.2, 0.25) is 5.95 Å². The zero-order valence-electron chi connectivity index (χ0n) is 11.5. The summed E-state index contributed by atoms with van der Waals surface area (Å²) in [4.78, 5) is 22.7. The molecule has 20 heavy (non-hydrogen) atoms. The van der Waals surface area contributed by atoms with Gasteiger partial charge in [-0.15, -0.1) is 0 Å². The molecule has 2 rings (SSSR count). The van der Waals surface area contributed by atoms with Crippen molar-refractivity contribution in [2.75, 3.05) is 5.73 Å². The highest BCUT2D eigenvalue weighted by molar-refractivity contribution is 5.95. The molecule has 5 N–H and O–H groups in total. The monoisotopic (exact) mass is 273 g/mol. The summed E-state index contributed by atoms with van der Waals surface area (Å²) in [5, 5.41) is 0. The first kappa shape index (κ1) is 14.0. The summed E-state index contributed by atoms with van der Waals surface area (Å²) in [5.74, 6) is -0.230. The first-order chi connectivity index (χ1) is 9.61. The van der Waals surface area contributed by atoms with Gasteiger partial charge in [-0.2, -0.15) is 0 Å². The molecule has 0 unspecified atom stereocenters. The minimum atomic E-state index is -0.430. The third-order valence-electron chi connectivity index (χ3n) is 3.15. The second-order valence-electron chi connectivity index (χ2n) is 4.70. The van der Waals surface area contributed by atoms with Crippen molar-refractivity contribution in [1.29, 1.82) is 0 Å². The maximum absolute atomic E-state index is 11.5. The number of hydrogen-bond donors (Lipinski definition) is 3. The number of hydrogen-bond acceptors (Lipinski definition) is 4. The van der Waals surface area contributed by atoms with E-state index < -0.39 is 5.91 Å². The summed E-state index contributed by atoms with van der Waals surface area (Å²) in [6, 6.07) is 3.47. The molecule has 2 heterocycles. The van der Waals surface area contributed by atoms with Crippen LogP contribution in [0.1, 0.15) is 42.2 Å². The van der Waals surface area contributed by atoms with Crippen molar-refractivity contribution < 1.29 is 4.79 Å². The highest BCUT2D eigenvalue weighted by Crippen LogP contribution is 2.21. The van der Waals surface area contributed by atoms with Gasteiger partial charge in [-0.25, -0.2) is 9.97 Å². The zero-order chi connectivity index (χ0) is 14.5. The summed E-state index contributed by atoms with van der Waals surface area (Å²) in [7, 11) is 0. The number of carbonyl (C=O) groups excluding carboxylic acids is 1. The number of unbranched alkanes of at least 4 members (excludes halogenated alkanes) is 2. The molecule has 0 aromatic carbocycles. The summed E-state index contributed by atoms with van der Waals surface area (Å²) in [5.41, 5.74) is 13.8. The number of aryl methyl sites for hydroxylation is 1. The van der Waals surface area contributed by atoms with E-state index in [1.807, 2.05) is 0 Å². The van der Waals surface area contributed by atoms with Crippen LogP contribution in [0.3, 0.4) is 0 Å². The fourth-order valence-electron chi connectivity index (χ4n) is 2.13. The first-order valence-corrected chi connectivity index (χ1v) is 6.72. The van der Waals surface area contributed by atoms with Crippen molar-refractivity contribution >= 4 is 11.9 Å². The minimum absolute atomic E-state index is 0.199. The molecular weight excluding hydrogens is 254 g/mol. The molecule has 0 aliphatic carbocycles. The summed E-state index contributed by atoms with van der Waals surface area (Å²) >= 11 is 0. The largest absolute Gasteiger partial charge is 0.368 e. The van der Waals surface area contributed by atoms with Gasteiger partial charge in [-0.1, -0.05) is 19.8 Å². The maximum atomic E-state index is 11.5. The predicted octanol–water partition coefficient (Wildman–Crippen LogP) is 1.89. The van der Waals surface area contributed by atoms with Gasteiger partial charge >= 0.3 is 0 Å². The van der Waals surface area contributed by atoms with Crippen LogP contribution in [-0.4, -0.2) is 20.9 Å². The average molecular weight is 273 g/mol. The van der Waals surface area contributed by atoms with Gasteiger partial charge < -0.3 is 16.5 Å². The number of primary amides is 1. The van der Waals surface area contributed by atoms with Crippen molar-refractivity contribution in [3.63, 3.8) is 0 Å². The lowest BCUT2D eigenvalue weighted by atomic mass is 10.1. The molecule has 0 aliphatic heterocycles. The van der Waals surface area contributed by atoms with Crippen LogP contribution in [0.15, 0.2) is 18.3 Å². The number of nitrogens with zero attached hydrogens (tertiary/aromatic N) is 2. The fraction of sp³-hybridized carbons (Fsp3) is 0.357. The lowest BCUT2D eigenvalue weighted by Crippen LogP contribution is -2.12. The lowest BCUT2D eigenvalue weighted by Gasteiger charge is -2.00. The van der Waals surface area contributed by atoms with Gasteiger partial charge in [0, 0.05) is 11.9 Å². The topological polar surface area (TPSA) is 111 Å². The SMILES string of the molecule is CCCCCc1[nH]c(-c2ccnc(N)n2)cc1C(N)=O. The second kappa shape index (κ2) is 6.18. The Balaban J connectivity index is 2.31. The third-order valence-corrected chi connectivity index (χ3v) is 3.15. The lowest BCUT2D eigenvalue weighted by molar-refractivity contribution is 0.0999. The molecule has 106 valence electrons. The van der Waals surface area contributed by atoms with Crippen LogP contribution >= 0.6 is 0 Å². The quantitative estimate of drug-likeness (QED) is 0.698. The first-order valence-electron chi connectivity index (χ1n) is 6.72. The Labute approximate surface area is 117 Å². The van der Waals surface area contributed by atoms with Gasteiger partial charge in [0.1, 0.15) is 0 Å². The molecule has 0 fully saturated rings. The molecule has 0 saturated carbocycles. The van der Waals surface area contributed by atoms with Gasteiger partial charge in [0.25, 0.3) is 5.91 Å². The number of rotatable bonds is 6. The van der Waals surface area contributed by atoms with Gasteiger partial charge in [-0.3, -0.25) is 4.79 Å². The average Bonchev–Trinajstić information content (AvgIpc) is 2.83. The maximum Gasteiger partial charge on any atom is 0.250 e. The van der Waals surface area contributed by atoms with E-state index in [-0.39, 0.29) is 5.95 Å². The van der Waals surface area contributed by atoms with Crippen molar-refractivity contribution in [3.8, 4) is 11.4 Å². The van der Waals surface area contributed by atoms with E-state index in [1.165, 1.54) is 0 Å². The molecular formula is C14H19N5O. The Morgan fingerprint density at radius 2 is 2.20 bits per heavy atom. The van der Waals surface area contributed by atoms with Crippen LogP contribution in [0.25, 0.3) is 11.4 Å². The van der Waals surface area contributed by atoms with Gasteiger partial charge in [-0.05, 0) is 25.0 Å². The van der Waals surface area contributed by atoms with Gasteiger partial charge in [0.15, 0.2) is 0 Å². The van der Waals surface area contributed by atoms with Crippen LogP contribution in [-0.2, 0) is 6.42 Å². The van der Waals surface area contributed by atoms with E-state index in [9.17, 15) is 4.79 Å². The van der Waals surface area contributed by atoms with Gasteiger partial charge in [0.05, 0.1) is 17.0 Å². The molecule has 0 spiro atoms. The molecule has 6 nitrogen and oxygen atoms in total. The fourth-order valence-corrected chi connectivity index (χ4v) is 2.13. The Morgan fingerprint density at radius 1 is 1.40 bits per heavy atom. The van der Waals surface area contributed by atoms with Crippen LogP contribution in [0, 0.1) is 0 Å². The molecule has 6 heteroatoms. The molecule has 0 saturated heterocycles. The Morgan fingerprint density at radius 3 is 2.85 bits per heavy atom. The second-order valence-corrected chi connectivity index (χ2v) is 4.70. The smallest absolute Gasteiger partial charge is 0.250 e. The number of amides is 1. The molecule has 2 aromatic heterocycles. The number of nitrogens with two attached hydrogens (primary N) is 2. The van der Waals surface area contributed by atoms with Crippen molar-refractivity contribution in [2.24, 2.45) is 5.73 Å². The summed E-state index contributed by atoms with van der Waals surface area (Å²) < 4.78 is 0. The zero-order valence-corrected chi connectivity index (χ0v) is 11.5. The minimum Gasteiger partial charge on any atom is -0.368 e. The number of nitrogens with one attached hydrogen (secondary N) is 1. The highest BCUT2D eigenvalue weighted by atomic mass is 16.1. The van der Waals surface area contributed by atoms with Crippen molar-refractivity contribution in [3.05, 3.63) is 29.6 Å². The molecule has 0 aliphatic rings. The van der Waals surface area contributed by atoms with Crippen molar-refractivity contribution in [1.82, 2.24) is 15.0 Å². The number of aromatic nitrogens is 3. The van der Waals surface area contributed by atoms with Crippen LogP contribution in [0.5, 0.6) is 0 Å². The van der Waals surface area contributed by atoms with E-state index in [0.29, 0.717) is 11.3 Å². The number of H-pyrrole nitrogens is 1. The molecule has 0 atom stereocenters. The third kappa shape index (κ3) is 3.14. The Bertz CT molecular complexity index is 605. The number of carbonyl (C=O) groups is 1. The molecule has 0 bridgehead atoms. The summed E-state index contributed by atoms with van der Waals surface area (Å²) in [6.45, 7) is 2.14. The molecule has 0 radical (unpaired) electrons. The standard InChI is InChI=1S/C14H19N5O/c1-2-3-4-5-10-9(13(15)20)8-12(18-10)11-6-7-17-14(16)19-11/h6-8,18H,2-5H2,1H3,(H2,15,20)(H2,16,17,19). The molecule has 2 aromatic rings.